The zero-order valence-electron chi connectivity index (χ0n) is 17.1. The van der Waals surface area contributed by atoms with Crippen molar-refractivity contribution in [3.8, 4) is 17.0 Å². The minimum Gasteiger partial charge on any atom is -0.497 e. The van der Waals surface area contributed by atoms with Crippen LogP contribution in [-0.4, -0.2) is 23.7 Å². The number of amides is 1. The predicted molar refractivity (Wildman–Crippen MR) is 120 cm³/mol. The molecule has 6 heteroatoms. The van der Waals surface area contributed by atoms with Gasteiger partial charge in [0.15, 0.2) is 0 Å². The molecule has 1 N–H and O–H groups in total. The van der Waals surface area contributed by atoms with Gasteiger partial charge in [-0.2, -0.15) is 5.10 Å². The minimum atomic E-state index is -0.352. The molecule has 4 aromatic rings. The Bertz CT molecular complexity index is 1270. The maximum absolute atomic E-state index is 13.3. The van der Waals surface area contributed by atoms with Crippen molar-refractivity contribution in [3.05, 3.63) is 95.8 Å². The standard InChI is InChI=1S/C25H20FN3O2/c1-16(17-9-13-20(31-2)14-10-17)28-29-25(30)22-15-24(18-7-11-19(26)12-8-18)27-23-6-4-3-5-21(22)23/h3-15H,1-2H3,(H,29,30)/b28-16-. The predicted octanol–water partition coefficient (Wildman–Crippen LogP) is 5.20. The van der Waals surface area contributed by atoms with Crippen molar-refractivity contribution < 1.29 is 13.9 Å². The van der Waals surface area contributed by atoms with Crippen molar-refractivity contribution in [1.82, 2.24) is 10.4 Å². The maximum Gasteiger partial charge on any atom is 0.272 e. The summed E-state index contributed by atoms with van der Waals surface area (Å²) in [4.78, 5) is 17.6. The Morgan fingerprint density at radius 1 is 1.00 bits per heavy atom. The van der Waals surface area contributed by atoms with Crippen molar-refractivity contribution in [2.45, 2.75) is 6.92 Å². The van der Waals surface area contributed by atoms with Crippen molar-refractivity contribution in [2.24, 2.45) is 5.10 Å². The summed E-state index contributed by atoms with van der Waals surface area (Å²) < 4.78 is 18.5. The van der Waals surface area contributed by atoms with Crippen LogP contribution in [0.3, 0.4) is 0 Å². The Morgan fingerprint density at radius 2 is 1.71 bits per heavy atom. The SMILES string of the molecule is COc1ccc(/C(C)=N\NC(=O)c2cc(-c3ccc(F)cc3)nc3ccccc23)cc1. The number of halogens is 1. The number of benzene rings is 3. The normalized spacial score (nSPS) is 11.4. The first-order chi connectivity index (χ1) is 15.0. The minimum absolute atomic E-state index is 0.328. The van der Waals surface area contributed by atoms with Gasteiger partial charge in [0.05, 0.1) is 29.6 Å². The van der Waals surface area contributed by atoms with Gasteiger partial charge in [-0.3, -0.25) is 4.79 Å². The van der Waals surface area contributed by atoms with Crippen molar-refractivity contribution in [1.29, 1.82) is 0 Å². The number of methoxy groups -OCH3 is 1. The summed E-state index contributed by atoms with van der Waals surface area (Å²) in [5, 5.41) is 4.96. The van der Waals surface area contributed by atoms with E-state index in [1.807, 2.05) is 55.5 Å². The molecule has 0 saturated heterocycles. The zero-order valence-corrected chi connectivity index (χ0v) is 17.1. The lowest BCUT2D eigenvalue weighted by Crippen LogP contribution is -2.20. The summed E-state index contributed by atoms with van der Waals surface area (Å²) >= 11 is 0. The Labute approximate surface area is 179 Å². The van der Waals surface area contributed by atoms with Crippen LogP contribution in [0.2, 0.25) is 0 Å². The number of para-hydroxylation sites is 1. The van der Waals surface area contributed by atoms with Crippen LogP contribution in [0.4, 0.5) is 4.39 Å². The van der Waals surface area contributed by atoms with E-state index in [-0.39, 0.29) is 11.7 Å². The molecule has 1 heterocycles. The molecule has 0 bridgehead atoms. The molecule has 5 nitrogen and oxygen atoms in total. The molecule has 0 unspecified atom stereocenters. The number of carbonyl (C=O) groups is 1. The first-order valence-electron chi connectivity index (χ1n) is 9.70. The number of ether oxygens (including phenoxy) is 1. The monoisotopic (exact) mass is 413 g/mol. The molecule has 0 aliphatic heterocycles. The second-order valence-corrected chi connectivity index (χ2v) is 6.95. The molecule has 0 fully saturated rings. The van der Waals surface area contributed by atoms with Gasteiger partial charge in [-0.15, -0.1) is 0 Å². The number of carbonyl (C=O) groups excluding carboxylic acids is 1. The quantitative estimate of drug-likeness (QED) is 0.361. The smallest absolute Gasteiger partial charge is 0.272 e. The van der Waals surface area contributed by atoms with E-state index in [0.29, 0.717) is 27.9 Å². The molecule has 0 saturated carbocycles. The summed E-state index contributed by atoms with van der Waals surface area (Å²) in [6.07, 6.45) is 0. The van der Waals surface area contributed by atoms with Crippen LogP contribution in [0.1, 0.15) is 22.8 Å². The van der Waals surface area contributed by atoms with Crippen molar-refractivity contribution >= 4 is 22.5 Å². The average molecular weight is 413 g/mol. The van der Waals surface area contributed by atoms with Crippen LogP contribution in [0.15, 0.2) is 84.0 Å². The molecule has 0 aliphatic carbocycles. The van der Waals surface area contributed by atoms with Gasteiger partial charge in [0, 0.05) is 10.9 Å². The van der Waals surface area contributed by atoms with Crippen LogP contribution in [0, 0.1) is 5.82 Å². The first kappa shape index (κ1) is 20.2. The molecule has 0 radical (unpaired) electrons. The van der Waals surface area contributed by atoms with Gasteiger partial charge in [0.2, 0.25) is 0 Å². The third-order valence-electron chi connectivity index (χ3n) is 4.93. The van der Waals surface area contributed by atoms with E-state index in [4.69, 9.17) is 4.74 Å². The largest absolute Gasteiger partial charge is 0.497 e. The third kappa shape index (κ3) is 4.43. The average Bonchev–Trinajstić information content (AvgIpc) is 2.82. The highest BCUT2D eigenvalue weighted by Gasteiger charge is 2.14. The zero-order chi connectivity index (χ0) is 21.8. The van der Waals surface area contributed by atoms with Crippen LogP contribution < -0.4 is 10.2 Å². The van der Waals surface area contributed by atoms with E-state index in [9.17, 15) is 9.18 Å². The second-order valence-electron chi connectivity index (χ2n) is 6.95. The number of nitrogens with zero attached hydrogens (tertiary/aromatic N) is 2. The van der Waals surface area contributed by atoms with E-state index in [1.54, 1.807) is 25.3 Å². The van der Waals surface area contributed by atoms with E-state index in [2.05, 4.69) is 15.5 Å². The van der Waals surface area contributed by atoms with E-state index in [1.165, 1.54) is 12.1 Å². The molecule has 154 valence electrons. The van der Waals surface area contributed by atoms with Crippen molar-refractivity contribution in [2.75, 3.05) is 7.11 Å². The number of nitrogens with one attached hydrogen (secondary N) is 1. The number of hydrazone groups is 1. The fourth-order valence-electron chi connectivity index (χ4n) is 3.22. The van der Waals surface area contributed by atoms with Crippen LogP contribution in [0.25, 0.3) is 22.2 Å². The number of aromatic nitrogens is 1. The highest BCUT2D eigenvalue weighted by atomic mass is 19.1. The van der Waals surface area contributed by atoms with Crippen molar-refractivity contribution in [3.63, 3.8) is 0 Å². The Morgan fingerprint density at radius 3 is 2.42 bits per heavy atom. The molecule has 0 atom stereocenters. The van der Waals surface area contributed by atoms with E-state index >= 15 is 0 Å². The van der Waals surface area contributed by atoms with Crippen LogP contribution >= 0.6 is 0 Å². The van der Waals surface area contributed by atoms with Gasteiger partial charge in [-0.1, -0.05) is 18.2 Å². The highest BCUT2D eigenvalue weighted by Crippen LogP contribution is 2.25. The Kier molecular flexibility index (Phi) is 5.71. The van der Waals surface area contributed by atoms with Gasteiger partial charge in [-0.25, -0.2) is 14.8 Å². The molecule has 1 amide bonds. The molecule has 3 aromatic carbocycles. The van der Waals surface area contributed by atoms with Gasteiger partial charge < -0.3 is 4.74 Å². The molecular weight excluding hydrogens is 393 g/mol. The molecule has 0 spiro atoms. The maximum atomic E-state index is 13.3. The second kappa shape index (κ2) is 8.75. The van der Waals surface area contributed by atoms with Crippen LogP contribution in [0.5, 0.6) is 5.75 Å². The van der Waals surface area contributed by atoms with Gasteiger partial charge in [0.1, 0.15) is 11.6 Å². The lowest BCUT2D eigenvalue weighted by Gasteiger charge is -2.10. The number of rotatable bonds is 5. The molecule has 31 heavy (non-hydrogen) atoms. The lowest BCUT2D eigenvalue weighted by molar-refractivity contribution is 0.0956. The van der Waals surface area contributed by atoms with Gasteiger partial charge in [0.25, 0.3) is 5.91 Å². The number of fused-ring (bicyclic) bond motifs is 1. The number of hydrogen-bond acceptors (Lipinski definition) is 4. The topological polar surface area (TPSA) is 63.6 Å². The molecule has 1 aromatic heterocycles. The van der Waals surface area contributed by atoms with Gasteiger partial charge >= 0.3 is 0 Å². The number of hydrogen-bond donors (Lipinski definition) is 1. The highest BCUT2D eigenvalue weighted by molar-refractivity contribution is 6.08. The Balaban J connectivity index is 1.67. The summed E-state index contributed by atoms with van der Waals surface area (Å²) in [5.41, 5.74) is 6.58. The van der Waals surface area contributed by atoms with Crippen LogP contribution in [-0.2, 0) is 0 Å². The fraction of sp³-hybridized carbons (Fsp3) is 0.0800. The summed E-state index contributed by atoms with van der Waals surface area (Å²) in [5.74, 6) is 0.0674. The fourth-order valence-corrected chi connectivity index (χ4v) is 3.22. The summed E-state index contributed by atoms with van der Waals surface area (Å²) in [6, 6.07) is 22.5. The Hall–Kier alpha value is -4.06. The number of pyridine rings is 1. The first-order valence-corrected chi connectivity index (χ1v) is 9.70. The van der Waals surface area contributed by atoms with Gasteiger partial charge in [-0.05, 0) is 73.2 Å². The summed E-state index contributed by atoms with van der Waals surface area (Å²) in [7, 11) is 1.61. The van der Waals surface area contributed by atoms with E-state index < -0.39 is 0 Å². The lowest BCUT2D eigenvalue weighted by atomic mass is 10.0. The van der Waals surface area contributed by atoms with E-state index in [0.717, 1.165) is 16.9 Å². The molecular formula is C25H20FN3O2. The molecule has 4 rings (SSSR count). The summed E-state index contributed by atoms with van der Waals surface area (Å²) in [6.45, 7) is 1.82. The third-order valence-corrected chi connectivity index (χ3v) is 4.93. The molecule has 0 aliphatic rings.